The molecule has 0 bridgehead atoms. The Kier molecular flexibility index (Phi) is 6.20. The van der Waals surface area contributed by atoms with Crippen molar-refractivity contribution in [1.82, 2.24) is 4.90 Å². The number of carbonyl (C=O) groups excluding carboxylic acids is 1. The number of carbonyl (C=O) groups is 1. The molecule has 0 aromatic heterocycles. The lowest BCUT2D eigenvalue weighted by Gasteiger charge is -2.17. The van der Waals surface area contributed by atoms with Crippen molar-refractivity contribution in [1.29, 1.82) is 0 Å². The smallest absolute Gasteiger partial charge is 0.246 e. The molecule has 0 aliphatic heterocycles. The van der Waals surface area contributed by atoms with Gasteiger partial charge < -0.3 is 10.6 Å². The van der Waals surface area contributed by atoms with Crippen LogP contribution in [0.3, 0.4) is 0 Å². The van der Waals surface area contributed by atoms with Gasteiger partial charge in [-0.1, -0.05) is 19.1 Å². The fourth-order valence-corrected chi connectivity index (χ4v) is 1.06. The fraction of sp³-hybridized carbons (Fsp3) is 0.364. The lowest BCUT2D eigenvalue weighted by Crippen LogP contribution is -2.21. The predicted molar refractivity (Wildman–Crippen MR) is 59.5 cm³/mol. The van der Waals surface area contributed by atoms with Gasteiger partial charge in [0.1, 0.15) is 0 Å². The molecule has 0 aromatic carbocycles. The van der Waals surface area contributed by atoms with Crippen molar-refractivity contribution in [3.8, 4) is 0 Å². The van der Waals surface area contributed by atoms with Crippen LogP contribution in [0.25, 0.3) is 0 Å². The minimum atomic E-state index is -0.370. The maximum Gasteiger partial charge on any atom is 0.246 e. The highest BCUT2D eigenvalue weighted by Crippen LogP contribution is 2.02. The molecule has 0 saturated heterocycles. The normalized spacial score (nSPS) is 10.8. The van der Waals surface area contributed by atoms with Crippen molar-refractivity contribution < 1.29 is 4.79 Å². The second-order valence-electron chi connectivity index (χ2n) is 2.90. The van der Waals surface area contributed by atoms with Gasteiger partial charge >= 0.3 is 0 Å². The first-order chi connectivity index (χ1) is 6.65. The molecular formula is C11H18N2O. The topological polar surface area (TPSA) is 46.3 Å². The molecule has 0 radical (unpaired) electrons. The lowest BCUT2D eigenvalue weighted by atomic mass is 10.2. The van der Waals surface area contributed by atoms with E-state index in [0.717, 1.165) is 0 Å². The third kappa shape index (κ3) is 4.50. The highest BCUT2D eigenvalue weighted by atomic mass is 16.1. The molecule has 0 unspecified atom stereocenters. The van der Waals surface area contributed by atoms with Crippen molar-refractivity contribution in [2.75, 3.05) is 13.1 Å². The molecule has 0 aliphatic carbocycles. The minimum Gasteiger partial charge on any atom is -0.370 e. The van der Waals surface area contributed by atoms with Gasteiger partial charge in [0.15, 0.2) is 0 Å². The van der Waals surface area contributed by atoms with E-state index in [1.165, 1.54) is 0 Å². The van der Waals surface area contributed by atoms with Crippen LogP contribution in [0.15, 0.2) is 37.1 Å². The molecule has 0 heterocycles. The van der Waals surface area contributed by atoms with Gasteiger partial charge in [-0.25, -0.2) is 0 Å². The Bertz CT molecular complexity index is 234. The van der Waals surface area contributed by atoms with E-state index >= 15 is 0 Å². The first kappa shape index (κ1) is 12.5. The Morgan fingerprint density at radius 2 is 1.86 bits per heavy atom. The van der Waals surface area contributed by atoms with Crippen molar-refractivity contribution in [2.45, 2.75) is 13.3 Å². The summed E-state index contributed by atoms with van der Waals surface area (Å²) in [5.41, 5.74) is 5.82. The summed E-state index contributed by atoms with van der Waals surface area (Å²) >= 11 is 0. The predicted octanol–water partition coefficient (Wildman–Crippen LogP) is 1.44. The molecule has 0 rings (SSSR count). The van der Waals surface area contributed by atoms with E-state index in [9.17, 15) is 4.79 Å². The molecule has 2 N–H and O–H groups in total. The molecular weight excluding hydrogens is 176 g/mol. The summed E-state index contributed by atoms with van der Waals surface area (Å²) < 4.78 is 0. The van der Waals surface area contributed by atoms with Gasteiger partial charge in [0.05, 0.1) is 0 Å². The first-order valence-corrected chi connectivity index (χ1v) is 4.62. The van der Waals surface area contributed by atoms with E-state index in [4.69, 9.17) is 5.73 Å². The summed E-state index contributed by atoms with van der Waals surface area (Å²) in [7, 11) is 0. The van der Waals surface area contributed by atoms with E-state index in [0.29, 0.717) is 25.1 Å². The van der Waals surface area contributed by atoms with Crippen LogP contribution in [-0.2, 0) is 4.79 Å². The van der Waals surface area contributed by atoms with Crippen LogP contribution < -0.4 is 5.73 Å². The molecule has 1 amide bonds. The summed E-state index contributed by atoms with van der Waals surface area (Å²) in [6.07, 6.45) is 5.95. The quantitative estimate of drug-likeness (QED) is 0.492. The van der Waals surface area contributed by atoms with Crippen LogP contribution in [0.1, 0.15) is 13.3 Å². The molecule has 0 fully saturated rings. The van der Waals surface area contributed by atoms with Gasteiger partial charge in [-0.15, -0.1) is 13.2 Å². The Hall–Kier alpha value is -1.51. The van der Waals surface area contributed by atoms with Crippen molar-refractivity contribution in [2.24, 2.45) is 5.73 Å². The molecule has 3 nitrogen and oxygen atoms in total. The summed E-state index contributed by atoms with van der Waals surface area (Å²) in [6, 6.07) is 0. The number of nitrogens with zero attached hydrogens (tertiary/aromatic N) is 1. The zero-order valence-electron chi connectivity index (χ0n) is 8.70. The number of nitrogens with two attached hydrogens (primary N) is 1. The van der Waals surface area contributed by atoms with E-state index in [1.54, 1.807) is 18.4 Å². The molecule has 0 aliphatic rings. The largest absolute Gasteiger partial charge is 0.370 e. The molecule has 3 heteroatoms. The fourth-order valence-electron chi connectivity index (χ4n) is 1.06. The summed E-state index contributed by atoms with van der Waals surface area (Å²) in [4.78, 5) is 12.9. The SMILES string of the molecule is C=CCN(C=C(CC)C(N)=O)CC=C. The van der Waals surface area contributed by atoms with Crippen molar-refractivity contribution in [3.05, 3.63) is 37.1 Å². The number of primary amides is 1. The van der Waals surface area contributed by atoms with Gasteiger partial charge in [-0.2, -0.15) is 0 Å². The lowest BCUT2D eigenvalue weighted by molar-refractivity contribution is -0.114. The van der Waals surface area contributed by atoms with Crippen molar-refractivity contribution in [3.63, 3.8) is 0 Å². The van der Waals surface area contributed by atoms with Crippen LogP contribution in [0.5, 0.6) is 0 Å². The standard InChI is InChI=1S/C11H18N2O/c1-4-7-13(8-5-2)9-10(6-3)11(12)14/h4-5,9H,1-2,6-8H2,3H3,(H2,12,14). The highest BCUT2D eigenvalue weighted by Gasteiger charge is 2.03. The molecule has 78 valence electrons. The number of amides is 1. The van der Waals surface area contributed by atoms with Crippen LogP contribution in [0.2, 0.25) is 0 Å². The number of rotatable bonds is 7. The van der Waals surface area contributed by atoms with Crippen LogP contribution in [0, 0.1) is 0 Å². The molecule has 0 saturated carbocycles. The average Bonchev–Trinajstić information content (AvgIpc) is 2.14. The Morgan fingerprint density at radius 3 is 2.14 bits per heavy atom. The Morgan fingerprint density at radius 1 is 1.36 bits per heavy atom. The first-order valence-electron chi connectivity index (χ1n) is 4.62. The van der Waals surface area contributed by atoms with Gasteiger partial charge in [-0.3, -0.25) is 4.79 Å². The van der Waals surface area contributed by atoms with Gasteiger partial charge in [-0.05, 0) is 6.42 Å². The van der Waals surface area contributed by atoms with Crippen LogP contribution >= 0.6 is 0 Å². The average molecular weight is 194 g/mol. The summed E-state index contributed by atoms with van der Waals surface area (Å²) in [5.74, 6) is -0.370. The zero-order chi connectivity index (χ0) is 11.0. The molecule has 0 spiro atoms. The maximum absolute atomic E-state index is 11.0. The van der Waals surface area contributed by atoms with E-state index in [1.807, 2.05) is 11.8 Å². The van der Waals surface area contributed by atoms with Gasteiger partial charge in [0.2, 0.25) is 5.91 Å². The third-order valence-electron chi connectivity index (χ3n) is 1.76. The Labute approximate surface area is 85.6 Å². The highest BCUT2D eigenvalue weighted by molar-refractivity contribution is 5.91. The van der Waals surface area contributed by atoms with Crippen molar-refractivity contribution >= 4 is 5.91 Å². The molecule has 14 heavy (non-hydrogen) atoms. The third-order valence-corrected chi connectivity index (χ3v) is 1.76. The number of hydrogen-bond acceptors (Lipinski definition) is 2. The minimum absolute atomic E-state index is 0.370. The van der Waals surface area contributed by atoms with E-state index in [-0.39, 0.29) is 5.91 Å². The second-order valence-corrected chi connectivity index (χ2v) is 2.90. The van der Waals surface area contributed by atoms with Gasteiger partial charge in [0, 0.05) is 24.9 Å². The van der Waals surface area contributed by atoms with Crippen LogP contribution in [-0.4, -0.2) is 23.9 Å². The van der Waals surface area contributed by atoms with E-state index < -0.39 is 0 Å². The molecule has 0 aromatic rings. The van der Waals surface area contributed by atoms with Crippen LogP contribution in [0.4, 0.5) is 0 Å². The maximum atomic E-state index is 11.0. The Balaban J connectivity index is 4.55. The zero-order valence-corrected chi connectivity index (χ0v) is 8.70. The second kappa shape index (κ2) is 6.95. The van der Waals surface area contributed by atoms with E-state index in [2.05, 4.69) is 13.2 Å². The molecule has 0 atom stereocenters. The summed E-state index contributed by atoms with van der Waals surface area (Å²) in [5, 5.41) is 0. The summed E-state index contributed by atoms with van der Waals surface area (Å²) in [6.45, 7) is 10.5. The monoisotopic (exact) mass is 194 g/mol. The number of hydrogen-bond donors (Lipinski definition) is 1. The van der Waals surface area contributed by atoms with Gasteiger partial charge in [0.25, 0.3) is 0 Å².